The summed E-state index contributed by atoms with van der Waals surface area (Å²) in [5.74, 6) is 0.832. The summed E-state index contributed by atoms with van der Waals surface area (Å²) in [7, 11) is 0. The number of benzene rings is 2. The lowest BCUT2D eigenvalue weighted by Gasteiger charge is -2.19. The van der Waals surface area contributed by atoms with Gasteiger partial charge in [0.2, 0.25) is 0 Å². The number of urea groups is 1. The molecular formula is C19H20N4O2. The van der Waals surface area contributed by atoms with Gasteiger partial charge in [0, 0.05) is 24.5 Å². The smallest absolute Gasteiger partial charge is 0.329 e. The molecule has 1 fully saturated rings. The summed E-state index contributed by atoms with van der Waals surface area (Å²) in [6, 6.07) is 13.5. The molecule has 4 rings (SSSR count). The van der Waals surface area contributed by atoms with Gasteiger partial charge in [-0.05, 0) is 48.9 Å². The Morgan fingerprint density at radius 2 is 1.80 bits per heavy atom. The van der Waals surface area contributed by atoms with Crippen LogP contribution in [0.15, 0.2) is 48.8 Å². The summed E-state index contributed by atoms with van der Waals surface area (Å²) in [6.45, 7) is 4.10. The number of rotatable bonds is 5. The zero-order chi connectivity index (χ0) is 17.2. The number of nitrogens with one attached hydrogen (secondary N) is 1. The minimum Gasteiger partial charge on any atom is -0.494 e. The van der Waals surface area contributed by atoms with Crippen LogP contribution in [0.4, 0.5) is 16.2 Å². The van der Waals surface area contributed by atoms with Gasteiger partial charge in [-0.15, -0.1) is 0 Å². The van der Waals surface area contributed by atoms with E-state index in [4.69, 9.17) is 4.74 Å². The maximum atomic E-state index is 12.8. The molecule has 128 valence electrons. The van der Waals surface area contributed by atoms with Gasteiger partial charge >= 0.3 is 6.03 Å². The van der Waals surface area contributed by atoms with E-state index in [1.54, 1.807) is 16.1 Å². The fourth-order valence-corrected chi connectivity index (χ4v) is 3.05. The Hall–Kier alpha value is -3.02. The molecule has 2 heterocycles. The molecule has 0 aliphatic carbocycles. The number of imidazole rings is 1. The molecule has 2 aromatic carbocycles. The van der Waals surface area contributed by atoms with Gasteiger partial charge in [-0.1, -0.05) is 6.92 Å². The normalized spacial score (nSPS) is 14.5. The van der Waals surface area contributed by atoms with E-state index in [9.17, 15) is 4.79 Å². The lowest BCUT2D eigenvalue weighted by Crippen LogP contribution is -2.31. The highest BCUT2D eigenvalue weighted by molar-refractivity contribution is 6.06. The van der Waals surface area contributed by atoms with Crippen LogP contribution in [-0.4, -0.2) is 35.7 Å². The molecule has 0 bridgehead atoms. The van der Waals surface area contributed by atoms with Crippen LogP contribution in [0.1, 0.15) is 13.3 Å². The second-order valence-electron chi connectivity index (χ2n) is 6.03. The Morgan fingerprint density at radius 3 is 2.56 bits per heavy atom. The third-order valence-electron chi connectivity index (χ3n) is 4.35. The van der Waals surface area contributed by atoms with Crippen LogP contribution in [0.3, 0.4) is 0 Å². The minimum absolute atomic E-state index is 0.0129. The Balaban J connectivity index is 1.52. The molecule has 1 aliphatic heterocycles. The van der Waals surface area contributed by atoms with Crippen molar-refractivity contribution in [1.29, 1.82) is 0 Å². The SMILES string of the molecule is CCCOc1ccc(N2CCN(c3ccc4nc[nH]c4c3)C2=O)cc1. The number of H-pyrrole nitrogens is 1. The summed E-state index contributed by atoms with van der Waals surface area (Å²) in [5, 5.41) is 0. The van der Waals surface area contributed by atoms with Crippen LogP contribution in [0, 0.1) is 0 Å². The van der Waals surface area contributed by atoms with Gasteiger partial charge in [-0.3, -0.25) is 9.80 Å². The fourth-order valence-electron chi connectivity index (χ4n) is 3.05. The Kier molecular flexibility index (Phi) is 4.01. The first-order valence-corrected chi connectivity index (χ1v) is 8.51. The zero-order valence-electron chi connectivity index (χ0n) is 14.1. The molecule has 0 saturated carbocycles. The molecule has 25 heavy (non-hydrogen) atoms. The van der Waals surface area contributed by atoms with Crippen molar-refractivity contribution >= 4 is 28.4 Å². The molecule has 6 heteroatoms. The predicted molar refractivity (Wildman–Crippen MR) is 98.4 cm³/mol. The van der Waals surface area contributed by atoms with E-state index in [0.29, 0.717) is 19.7 Å². The number of nitrogens with zero attached hydrogens (tertiary/aromatic N) is 3. The highest BCUT2D eigenvalue weighted by Crippen LogP contribution is 2.28. The average molecular weight is 336 g/mol. The first-order valence-electron chi connectivity index (χ1n) is 8.51. The van der Waals surface area contributed by atoms with Crippen LogP contribution < -0.4 is 14.5 Å². The summed E-state index contributed by atoms with van der Waals surface area (Å²) >= 11 is 0. The van der Waals surface area contributed by atoms with E-state index in [1.807, 2.05) is 42.5 Å². The van der Waals surface area contributed by atoms with E-state index < -0.39 is 0 Å². The number of hydrogen-bond donors (Lipinski definition) is 1. The van der Waals surface area contributed by atoms with Gasteiger partial charge in [0.05, 0.1) is 24.0 Å². The van der Waals surface area contributed by atoms with E-state index >= 15 is 0 Å². The monoisotopic (exact) mass is 336 g/mol. The average Bonchev–Trinajstić information content (AvgIpc) is 3.26. The van der Waals surface area contributed by atoms with E-state index in [0.717, 1.165) is 34.6 Å². The Labute approximate surface area is 146 Å². The number of carbonyl (C=O) groups is 1. The first-order chi connectivity index (χ1) is 12.3. The molecule has 1 saturated heterocycles. The molecular weight excluding hydrogens is 316 g/mol. The number of anilines is 2. The van der Waals surface area contributed by atoms with E-state index in [2.05, 4.69) is 16.9 Å². The van der Waals surface area contributed by atoms with Gasteiger partial charge in [0.1, 0.15) is 5.75 Å². The second kappa shape index (κ2) is 6.47. The minimum atomic E-state index is -0.0129. The van der Waals surface area contributed by atoms with Crippen molar-refractivity contribution in [1.82, 2.24) is 9.97 Å². The van der Waals surface area contributed by atoms with Crippen LogP contribution in [-0.2, 0) is 0 Å². The number of aromatic amines is 1. The van der Waals surface area contributed by atoms with Crippen molar-refractivity contribution in [2.45, 2.75) is 13.3 Å². The molecule has 1 aromatic heterocycles. The molecule has 1 N–H and O–H groups in total. The van der Waals surface area contributed by atoms with Crippen molar-refractivity contribution in [3.63, 3.8) is 0 Å². The van der Waals surface area contributed by atoms with Crippen LogP contribution in [0.5, 0.6) is 5.75 Å². The maximum Gasteiger partial charge on any atom is 0.329 e. The predicted octanol–water partition coefficient (Wildman–Crippen LogP) is 3.80. The summed E-state index contributed by atoms with van der Waals surface area (Å²) in [6.07, 6.45) is 2.64. The van der Waals surface area contributed by atoms with E-state index in [-0.39, 0.29) is 6.03 Å². The van der Waals surface area contributed by atoms with Gasteiger partial charge in [0.25, 0.3) is 0 Å². The molecule has 0 atom stereocenters. The number of fused-ring (bicyclic) bond motifs is 1. The number of ether oxygens (including phenoxy) is 1. The van der Waals surface area contributed by atoms with Gasteiger partial charge < -0.3 is 9.72 Å². The molecule has 3 aromatic rings. The van der Waals surface area contributed by atoms with Crippen molar-refractivity contribution in [3.05, 3.63) is 48.8 Å². The third kappa shape index (κ3) is 2.91. The molecule has 6 nitrogen and oxygen atoms in total. The number of carbonyl (C=O) groups excluding carboxylic acids is 1. The number of hydrogen-bond acceptors (Lipinski definition) is 3. The topological polar surface area (TPSA) is 61.5 Å². The summed E-state index contributed by atoms with van der Waals surface area (Å²) in [5.41, 5.74) is 3.60. The van der Waals surface area contributed by atoms with Crippen molar-refractivity contribution in [2.75, 3.05) is 29.5 Å². The van der Waals surface area contributed by atoms with Crippen LogP contribution in [0.25, 0.3) is 11.0 Å². The largest absolute Gasteiger partial charge is 0.494 e. The van der Waals surface area contributed by atoms with Crippen molar-refractivity contribution < 1.29 is 9.53 Å². The molecule has 0 radical (unpaired) electrons. The zero-order valence-corrected chi connectivity index (χ0v) is 14.1. The Bertz CT molecular complexity index is 888. The second-order valence-corrected chi connectivity index (χ2v) is 6.03. The Morgan fingerprint density at radius 1 is 1.08 bits per heavy atom. The number of aromatic nitrogens is 2. The third-order valence-corrected chi connectivity index (χ3v) is 4.35. The lowest BCUT2D eigenvalue weighted by atomic mass is 10.2. The number of amides is 2. The van der Waals surface area contributed by atoms with Crippen LogP contribution in [0.2, 0.25) is 0 Å². The van der Waals surface area contributed by atoms with Crippen LogP contribution >= 0.6 is 0 Å². The lowest BCUT2D eigenvalue weighted by molar-refractivity contribution is 0.256. The molecule has 1 aliphatic rings. The van der Waals surface area contributed by atoms with Gasteiger partial charge in [-0.2, -0.15) is 0 Å². The standard InChI is InChI=1S/C19H20N4O2/c1-2-11-25-16-6-3-14(4-7-16)22-9-10-23(19(22)24)15-5-8-17-18(12-15)21-13-20-17/h3-8,12-13H,2,9-11H2,1H3,(H,20,21). The molecule has 0 spiro atoms. The van der Waals surface area contributed by atoms with E-state index in [1.165, 1.54) is 0 Å². The van der Waals surface area contributed by atoms with Crippen molar-refractivity contribution in [2.24, 2.45) is 0 Å². The van der Waals surface area contributed by atoms with Gasteiger partial charge in [-0.25, -0.2) is 9.78 Å². The quantitative estimate of drug-likeness (QED) is 0.771. The maximum absolute atomic E-state index is 12.8. The first kappa shape index (κ1) is 15.5. The highest BCUT2D eigenvalue weighted by atomic mass is 16.5. The van der Waals surface area contributed by atoms with Crippen molar-refractivity contribution in [3.8, 4) is 5.75 Å². The molecule has 0 unspecified atom stereocenters. The summed E-state index contributed by atoms with van der Waals surface area (Å²) in [4.78, 5) is 23.7. The highest BCUT2D eigenvalue weighted by Gasteiger charge is 2.30. The van der Waals surface area contributed by atoms with Gasteiger partial charge in [0.15, 0.2) is 0 Å². The summed E-state index contributed by atoms with van der Waals surface area (Å²) < 4.78 is 5.60. The molecule has 2 amide bonds. The fraction of sp³-hybridized carbons (Fsp3) is 0.263.